The van der Waals surface area contributed by atoms with Crippen molar-refractivity contribution in [3.8, 4) is 16.9 Å². The van der Waals surface area contributed by atoms with E-state index >= 15 is 0 Å². The van der Waals surface area contributed by atoms with Crippen LogP contribution in [0.15, 0.2) is 84.3 Å². The number of nitrogens with zero attached hydrogens (tertiary/aromatic N) is 2. The summed E-state index contributed by atoms with van der Waals surface area (Å²) in [7, 11) is 1.57. The van der Waals surface area contributed by atoms with Crippen LogP contribution in [0.4, 0.5) is 0 Å². The van der Waals surface area contributed by atoms with Gasteiger partial charge in [0.15, 0.2) is 0 Å². The third kappa shape index (κ3) is 3.24. The maximum atomic E-state index is 13.4. The van der Waals surface area contributed by atoms with Gasteiger partial charge in [0.1, 0.15) is 11.4 Å². The predicted octanol–water partition coefficient (Wildman–Crippen LogP) is 4.13. The molecule has 2 aromatic heterocycles. The number of carboxylic acids is 1. The average Bonchev–Trinajstić information content (AvgIpc) is 2.78. The summed E-state index contributed by atoms with van der Waals surface area (Å²) in [6, 6.07) is 18.8. The van der Waals surface area contributed by atoms with E-state index in [1.54, 1.807) is 43.6 Å². The van der Waals surface area contributed by atoms with Crippen LogP contribution in [0.5, 0.6) is 5.75 Å². The van der Waals surface area contributed by atoms with Crippen LogP contribution in [0.1, 0.15) is 21.6 Å². The summed E-state index contributed by atoms with van der Waals surface area (Å²) in [4.78, 5) is 29.3. The molecule has 0 bridgehead atoms. The Morgan fingerprint density at radius 2 is 1.73 bits per heavy atom. The van der Waals surface area contributed by atoms with Crippen LogP contribution in [0.2, 0.25) is 0 Å². The van der Waals surface area contributed by atoms with Gasteiger partial charge in [-0.05, 0) is 35.9 Å². The van der Waals surface area contributed by atoms with Crippen LogP contribution < -0.4 is 10.3 Å². The first-order chi connectivity index (χ1) is 14.5. The van der Waals surface area contributed by atoms with Crippen molar-refractivity contribution in [2.75, 3.05) is 7.11 Å². The lowest BCUT2D eigenvalue weighted by molar-refractivity contribution is 0.0697. The minimum Gasteiger partial charge on any atom is -0.496 e. The number of carboxylic acid groups (broad SMARTS) is 1. The Kier molecular flexibility index (Phi) is 4.90. The first-order valence-corrected chi connectivity index (χ1v) is 9.19. The fourth-order valence-electron chi connectivity index (χ4n) is 3.37. The van der Waals surface area contributed by atoms with Crippen molar-refractivity contribution in [2.24, 2.45) is 0 Å². The normalized spacial score (nSPS) is 10.7. The van der Waals surface area contributed by atoms with Crippen LogP contribution in [0.25, 0.3) is 22.3 Å². The van der Waals surface area contributed by atoms with E-state index in [1.165, 1.54) is 16.5 Å². The van der Waals surface area contributed by atoms with Gasteiger partial charge in [0.2, 0.25) is 0 Å². The number of hydrogen-bond donors (Lipinski definition) is 1. The highest BCUT2D eigenvalue weighted by Gasteiger charge is 2.20. The van der Waals surface area contributed by atoms with Gasteiger partial charge in [-0.3, -0.25) is 9.20 Å². The number of ether oxygens (including phenoxy) is 1. The number of pyridine rings is 1. The zero-order valence-electron chi connectivity index (χ0n) is 16.2. The Hall–Kier alpha value is -4.19. The third-order valence-electron chi connectivity index (χ3n) is 4.87. The molecule has 2 heterocycles. The SMILES string of the molecule is C=C(c1ccccc1OC)c1nc2ccccn2c(=O)c1-c1ccc(C(=O)O)cc1. The van der Waals surface area contributed by atoms with Gasteiger partial charge in [0, 0.05) is 17.3 Å². The topological polar surface area (TPSA) is 80.9 Å². The van der Waals surface area contributed by atoms with E-state index in [0.717, 1.165) is 5.56 Å². The molecule has 0 radical (unpaired) electrons. The zero-order valence-corrected chi connectivity index (χ0v) is 16.2. The maximum absolute atomic E-state index is 13.4. The lowest BCUT2D eigenvalue weighted by Crippen LogP contribution is -2.19. The van der Waals surface area contributed by atoms with Crippen molar-refractivity contribution in [2.45, 2.75) is 0 Å². The van der Waals surface area contributed by atoms with Crippen molar-refractivity contribution in [3.63, 3.8) is 0 Å². The summed E-state index contributed by atoms with van der Waals surface area (Å²) in [6.07, 6.45) is 1.65. The molecule has 6 nitrogen and oxygen atoms in total. The standard InChI is InChI=1S/C24H18N2O4/c1-15(18-7-3-4-8-19(18)30-2)22-21(16-10-12-17(13-11-16)24(28)29)23(27)26-14-6-5-9-20(26)25-22/h3-14H,1H2,2H3,(H,28,29). The number of aromatic nitrogens is 2. The van der Waals surface area contributed by atoms with Crippen molar-refractivity contribution in [1.82, 2.24) is 9.38 Å². The van der Waals surface area contributed by atoms with Crippen molar-refractivity contribution >= 4 is 17.2 Å². The number of hydrogen-bond acceptors (Lipinski definition) is 4. The van der Waals surface area contributed by atoms with Crippen LogP contribution in [-0.2, 0) is 0 Å². The number of aromatic carboxylic acids is 1. The molecule has 0 aliphatic carbocycles. The van der Waals surface area contributed by atoms with Gasteiger partial charge in [0.05, 0.1) is 23.9 Å². The van der Waals surface area contributed by atoms with Gasteiger partial charge in [-0.25, -0.2) is 9.78 Å². The number of fused-ring (bicyclic) bond motifs is 1. The van der Waals surface area contributed by atoms with Crippen LogP contribution in [-0.4, -0.2) is 27.6 Å². The Bertz CT molecular complexity index is 1340. The smallest absolute Gasteiger partial charge is 0.335 e. The van der Waals surface area contributed by atoms with Crippen LogP contribution in [0.3, 0.4) is 0 Å². The minimum absolute atomic E-state index is 0.137. The fourth-order valence-corrected chi connectivity index (χ4v) is 3.37. The first kappa shape index (κ1) is 19.1. The van der Waals surface area contributed by atoms with E-state index in [2.05, 4.69) is 6.58 Å². The number of carbonyl (C=O) groups is 1. The quantitative estimate of drug-likeness (QED) is 0.547. The Morgan fingerprint density at radius 1 is 1.03 bits per heavy atom. The maximum Gasteiger partial charge on any atom is 0.335 e. The summed E-state index contributed by atoms with van der Waals surface area (Å²) >= 11 is 0. The Labute approximate surface area is 172 Å². The van der Waals surface area contributed by atoms with Crippen molar-refractivity contribution < 1.29 is 14.6 Å². The highest BCUT2D eigenvalue weighted by atomic mass is 16.5. The Morgan fingerprint density at radius 3 is 2.43 bits per heavy atom. The highest BCUT2D eigenvalue weighted by molar-refractivity contribution is 5.90. The van der Waals surface area contributed by atoms with Gasteiger partial charge in [-0.1, -0.05) is 43.0 Å². The summed E-state index contributed by atoms with van der Waals surface area (Å²) in [5.41, 5.74) is 2.92. The number of benzene rings is 2. The summed E-state index contributed by atoms with van der Waals surface area (Å²) in [6.45, 7) is 4.20. The minimum atomic E-state index is -1.03. The molecule has 0 saturated carbocycles. The summed E-state index contributed by atoms with van der Waals surface area (Å²) in [5.74, 6) is -0.418. The molecule has 0 saturated heterocycles. The van der Waals surface area contributed by atoms with E-state index in [1.807, 2.05) is 24.3 Å². The molecule has 0 spiro atoms. The lowest BCUT2D eigenvalue weighted by atomic mass is 9.95. The molecular formula is C24H18N2O4. The van der Waals surface area contributed by atoms with Crippen LogP contribution >= 0.6 is 0 Å². The second-order valence-electron chi connectivity index (χ2n) is 6.63. The largest absolute Gasteiger partial charge is 0.496 e. The second-order valence-corrected chi connectivity index (χ2v) is 6.63. The van der Waals surface area contributed by atoms with Crippen molar-refractivity contribution in [3.05, 3.63) is 107 Å². The molecule has 2 aromatic carbocycles. The van der Waals surface area contributed by atoms with Gasteiger partial charge < -0.3 is 9.84 Å². The van der Waals surface area contributed by atoms with E-state index < -0.39 is 5.97 Å². The molecule has 0 fully saturated rings. The number of rotatable bonds is 5. The first-order valence-electron chi connectivity index (χ1n) is 9.19. The molecule has 0 aliphatic rings. The van der Waals surface area contributed by atoms with E-state index in [9.17, 15) is 14.7 Å². The Balaban J connectivity index is 2.01. The summed E-state index contributed by atoms with van der Waals surface area (Å²) < 4.78 is 6.91. The number of para-hydroxylation sites is 1. The second kappa shape index (κ2) is 7.67. The van der Waals surface area contributed by atoms with Crippen molar-refractivity contribution in [1.29, 1.82) is 0 Å². The molecule has 4 rings (SSSR count). The molecule has 6 heteroatoms. The average molecular weight is 398 g/mol. The molecule has 0 aliphatic heterocycles. The summed E-state index contributed by atoms with van der Waals surface area (Å²) in [5, 5.41) is 9.19. The van der Waals surface area contributed by atoms with Gasteiger partial charge in [0.25, 0.3) is 5.56 Å². The van der Waals surface area contributed by atoms with Gasteiger partial charge in [-0.2, -0.15) is 0 Å². The van der Waals surface area contributed by atoms with E-state index in [-0.39, 0.29) is 11.1 Å². The fraction of sp³-hybridized carbons (Fsp3) is 0.0417. The molecule has 30 heavy (non-hydrogen) atoms. The van der Waals surface area contributed by atoms with E-state index in [0.29, 0.717) is 33.8 Å². The van der Waals surface area contributed by atoms with Crippen LogP contribution in [0, 0.1) is 0 Å². The van der Waals surface area contributed by atoms with Gasteiger partial charge in [-0.15, -0.1) is 0 Å². The monoisotopic (exact) mass is 398 g/mol. The lowest BCUT2D eigenvalue weighted by Gasteiger charge is -2.15. The van der Waals surface area contributed by atoms with Gasteiger partial charge >= 0.3 is 5.97 Å². The molecule has 148 valence electrons. The molecule has 0 unspecified atom stereocenters. The third-order valence-corrected chi connectivity index (χ3v) is 4.87. The predicted molar refractivity (Wildman–Crippen MR) is 115 cm³/mol. The molecule has 0 atom stereocenters. The van der Waals surface area contributed by atoms with E-state index in [4.69, 9.17) is 9.72 Å². The molecule has 0 amide bonds. The highest BCUT2D eigenvalue weighted by Crippen LogP contribution is 2.33. The molecule has 4 aromatic rings. The number of methoxy groups -OCH3 is 1. The zero-order chi connectivity index (χ0) is 21.3. The molecule has 1 N–H and O–H groups in total. The molecular weight excluding hydrogens is 380 g/mol.